The highest BCUT2D eigenvalue weighted by Crippen LogP contribution is 2.13. The van der Waals surface area contributed by atoms with Crippen molar-refractivity contribution in [2.45, 2.75) is 13.0 Å². The summed E-state index contributed by atoms with van der Waals surface area (Å²) < 4.78 is 5.45. The molecule has 1 aromatic rings. The molecule has 0 spiro atoms. The fourth-order valence-corrected chi connectivity index (χ4v) is 1.91. The maximum atomic E-state index is 11.1. The van der Waals surface area contributed by atoms with Gasteiger partial charge in [-0.05, 0) is 31.2 Å². The number of carbonyl (C=O) groups is 1. The lowest BCUT2D eigenvalue weighted by atomic mass is 10.1. The van der Waals surface area contributed by atoms with Crippen LogP contribution in [0.25, 0.3) is 0 Å². The fourth-order valence-electron chi connectivity index (χ4n) is 1.91. The Balaban J connectivity index is 2.40. The molecule has 0 aliphatic carbocycles. The van der Waals surface area contributed by atoms with Gasteiger partial charge in [-0.3, -0.25) is 9.69 Å². The normalized spacial score (nSPS) is 12.4. The van der Waals surface area contributed by atoms with Gasteiger partial charge in [0.25, 0.3) is 0 Å². The molecule has 3 N–H and O–H groups in total. The van der Waals surface area contributed by atoms with Crippen LogP contribution in [0.1, 0.15) is 17.3 Å². The number of aliphatic hydroxyl groups is 3. The Morgan fingerprint density at radius 2 is 1.76 bits per heavy atom. The van der Waals surface area contributed by atoms with Gasteiger partial charge in [0.15, 0.2) is 5.78 Å². The van der Waals surface area contributed by atoms with Crippen LogP contribution in [-0.2, 0) is 0 Å². The van der Waals surface area contributed by atoms with Crippen LogP contribution < -0.4 is 4.74 Å². The number of Topliss-reactive ketones (excluding diaryl/α,β-unsaturated/α-hetero) is 1. The second-order valence-electron chi connectivity index (χ2n) is 4.79. The molecule has 1 atom stereocenters. The molecular weight excluding hydrogens is 274 g/mol. The first-order valence-corrected chi connectivity index (χ1v) is 6.92. The van der Waals surface area contributed by atoms with Gasteiger partial charge in [0.05, 0.1) is 13.2 Å². The second-order valence-corrected chi connectivity index (χ2v) is 4.79. The van der Waals surface area contributed by atoms with Gasteiger partial charge < -0.3 is 20.1 Å². The van der Waals surface area contributed by atoms with Gasteiger partial charge >= 0.3 is 0 Å². The maximum Gasteiger partial charge on any atom is 0.159 e. The van der Waals surface area contributed by atoms with Crippen molar-refractivity contribution >= 4 is 5.78 Å². The van der Waals surface area contributed by atoms with E-state index in [-0.39, 0.29) is 25.6 Å². The Bertz CT molecular complexity index is 415. The van der Waals surface area contributed by atoms with E-state index in [9.17, 15) is 9.90 Å². The smallest absolute Gasteiger partial charge is 0.159 e. The molecule has 1 aromatic carbocycles. The molecule has 118 valence electrons. The molecule has 0 saturated carbocycles. The van der Waals surface area contributed by atoms with Gasteiger partial charge in [-0.25, -0.2) is 0 Å². The highest BCUT2D eigenvalue weighted by molar-refractivity contribution is 5.94. The molecule has 6 nitrogen and oxygen atoms in total. The number of hydrogen-bond acceptors (Lipinski definition) is 6. The van der Waals surface area contributed by atoms with Crippen LogP contribution in [0.3, 0.4) is 0 Å². The second kappa shape index (κ2) is 9.46. The molecule has 1 unspecified atom stereocenters. The van der Waals surface area contributed by atoms with E-state index < -0.39 is 6.10 Å². The fraction of sp³-hybridized carbons (Fsp3) is 0.533. The van der Waals surface area contributed by atoms with Crippen LogP contribution in [0.2, 0.25) is 0 Å². The lowest BCUT2D eigenvalue weighted by molar-refractivity contribution is 0.0552. The van der Waals surface area contributed by atoms with Gasteiger partial charge in [-0.15, -0.1) is 0 Å². The molecule has 0 heterocycles. The summed E-state index contributed by atoms with van der Waals surface area (Å²) in [6.45, 7) is 2.64. The van der Waals surface area contributed by atoms with E-state index in [1.165, 1.54) is 6.92 Å². The monoisotopic (exact) mass is 297 g/mol. The van der Waals surface area contributed by atoms with E-state index in [1.54, 1.807) is 29.2 Å². The number of nitrogens with zero attached hydrogens (tertiary/aromatic N) is 1. The van der Waals surface area contributed by atoms with Crippen molar-refractivity contribution in [2.75, 3.05) is 39.5 Å². The molecule has 0 saturated heterocycles. The Labute approximate surface area is 124 Å². The Kier molecular flexibility index (Phi) is 7.92. The minimum absolute atomic E-state index is 0.00904. The van der Waals surface area contributed by atoms with Crippen molar-refractivity contribution in [2.24, 2.45) is 0 Å². The summed E-state index contributed by atoms with van der Waals surface area (Å²) >= 11 is 0. The van der Waals surface area contributed by atoms with Crippen LogP contribution in [0, 0.1) is 0 Å². The van der Waals surface area contributed by atoms with Crippen molar-refractivity contribution in [3.8, 4) is 5.75 Å². The number of hydrogen-bond donors (Lipinski definition) is 3. The summed E-state index contributed by atoms with van der Waals surface area (Å²) in [6.07, 6.45) is -0.726. The minimum atomic E-state index is -0.726. The van der Waals surface area contributed by atoms with E-state index in [4.69, 9.17) is 14.9 Å². The van der Waals surface area contributed by atoms with Crippen molar-refractivity contribution in [1.29, 1.82) is 0 Å². The molecule has 0 bridgehead atoms. The first kappa shape index (κ1) is 17.6. The highest BCUT2D eigenvalue weighted by Gasteiger charge is 2.12. The predicted octanol–water partition coefficient (Wildman–Crippen LogP) is -0.0845. The quantitative estimate of drug-likeness (QED) is 0.523. The molecule has 0 radical (unpaired) electrons. The SMILES string of the molecule is CC(=O)c1ccc(OCC(O)CN(CCO)CCO)cc1. The van der Waals surface area contributed by atoms with E-state index in [0.717, 1.165) is 0 Å². The van der Waals surface area contributed by atoms with Crippen molar-refractivity contribution in [1.82, 2.24) is 4.90 Å². The van der Waals surface area contributed by atoms with Crippen LogP contribution >= 0.6 is 0 Å². The van der Waals surface area contributed by atoms with Crippen LogP contribution in [0.4, 0.5) is 0 Å². The number of rotatable bonds is 10. The van der Waals surface area contributed by atoms with Crippen molar-refractivity contribution < 1.29 is 24.9 Å². The average Bonchev–Trinajstić information content (AvgIpc) is 2.46. The molecular formula is C15H23NO5. The first-order chi connectivity index (χ1) is 10.1. The van der Waals surface area contributed by atoms with Crippen molar-refractivity contribution in [3.05, 3.63) is 29.8 Å². The standard InChI is InChI=1S/C15H23NO5/c1-12(19)13-2-4-15(5-3-13)21-11-14(20)10-16(6-8-17)7-9-18/h2-5,14,17-18,20H,6-11H2,1H3. The largest absolute Gasteiger partial charge is 0.491 e. The third-order valence-electron chi connectivity index (χ3n) is 3.00. The number of benzene rings is 1. The van der Waals surface area contributed by atoms with Gasteiger partial charge in [-0.1, -0.05) is 0 Å². The molecule has 21 heavy (non-hydrogen) atoms. The van der Waals surface area contributed by atoms with E-state index in [0.29, 0.717) is 30.9 Å². The van der Waals surface area contributed by atoms with Crippen LogP contribution in [0.5, 0.6) is 5.75 Å². The first-order valence-electron chi connectivity index (χ1n) is 6.92. The van der Waals surface area contributed by atoms with E-state index in [2.05, 4.69) is 0 Å². The van der Waals surface area contributed by atoms with Gasteiger partial charge in [0.1, 0.15) is 18.5 Å². The summed E-state index contributed by atoms with van der Waals surface area (Å²) in [7, 11) is 0. The maximum absolute atomic E-state index is 11.1. The Morgan fingerprint density at radius 3 is 2.24 bits per heavy atom. The van der Waals surface area contributed by atoms with E-state index >= 15 is 0 Å². The molecule has 0 aliphatic heterocycles. The minimum Gasteiger partial charge on any atom is -0.491 e. The lowest BCUT2D eigenvalue weighted by Crippen LogP contribution is -2.38. The number of aliphatic hydroxyl groups excluding tert-OH is 3. The Morgan fingerprint density at radius 1 is 1.19 bits per heavy atom. The average molecular weight is 297 g/mol. The lowest BCUT2D eigenvalue weighted by Gasteiger charge is -2.23. The van der Waals surface area contributed by atoms with Crippen LogP contribution in [-0.4, -0.2) is 71.6 Å². The molecule has 0 aromatic heterocycles. The highest BCUT2D eigenvalue weighted by atomic mass is 16.5. The zero-order valence-electron chi connectivity index (χ0n) is 12.2. The Hall–Kier alpha value is -1.47. The number of carbonyl (C=O) groups excluding carboxylic acids is 1. The molecule has 0 aliphatic rings. The number of ketones is 1. The number of ether oxygens (including phenoxy) is 1. The zero-order valence-corrected chi connectivity index (χ0v) is 12.2. The summed E-state index contributed by atoms with van der Waals surface area (Å²) in [5.41, 5.74) is 0.611. The van der Waals surface area contributed by atoms with Crippen LogP contribution in [0.15, 0.2) is 24.3 Å². The van der Waals surface area contributed by atoms with Gasteiger partial charge in [0, 0.05) is 25.2 Å². The van der Waals surface area contributed by atoms with Gasteiger partial charge in [0.2, 0.25) is 0 Å². The molecule has 0 amide bonds. The predicted molar refractivity (Wildman–Crippen MR) is 78.6 cm³/mol. The van der Waals surface area contributed by atoms with Crippen molar-refractivity contribution in [3.63, 3.8) is 0 Å². The third-order valence-corrected chi connectivity index (χ3v) is 3.00. The molecule has 0 fully saturated rings. The van der Waals surface area contributed by atoms with Gasteiger partial charge in [-0.2, -0.15) is 0 Å². The summed E-state index contributed by atoms with van der Waals surface area (Å²) in [4.78, 5) is 12.9. The molecule has 1 rings (SSSR count). The zero-order chi connectivity index (χ0) is 15.7. The molecule has 6 heteroatoms. The third kappa shape index (κ3) is 6.68. The topological polar surface area (TPSA) is 90.2 Å². The summed E-state index contributed by atoms with van der Waals surface area (Å²) in [5, 5.41) is 27.7. The van der Waals surface area contributed by atoms with E-state index in [1.807, 2.05) is 0 Å². The summed E-state index contributed by atoms with van der Waals surface area (Å²) in [5.74, 6) is 0.570. The summed E-state index contributed by atoms with van der Waals surface area (Å²) in [6, 6.07) is 6.72.